The molecule has 4 nitrogen and oxygen atoms in total. The molecule has 0 radical (unpaired) electrons. The highest BCUT2D eigenvalue weighted by atomic mass is 79.9. The minimum atomic E-state index is -3.13. The molecule has 1 aliphatic heterocycles. The van der Waals surface area contributed by atoms with Gasteiger partial charge in [-0.3, -0.25) is 0 Å². The Labute approximate surface area is 126 Å². The summed E-state index contributed by atoms with van der Waals surface area (Å²) in [6, 6.07) is 5.13. The van der Waals surface area contributed by atoms with Gasteiger partial charge in [-0.1, -0.05) is 33.6 Å². The minimum Gasteiger partial charge on any atom is -0.388 e. The summed E-state index contributed by atoms with van der Waals surface area (Å²) in [6.45, 7) is 0.111. The fraction of sp³-hybridized carbons (Fsp3) is 0.500. The van der Waals surface area contributed by atoms with Crippen LogP contribution in [0.4, 0.5) is 0 Å². The zero-order valence-electron chi connectivity index (χ0n) is 10.1. The SMILES string of the molecule is NCC1(C(O)c2ccc(Br)cc2Cl)CCS(=O)(=O)C1. The number of aliphatic hydroxyl groups excluding tert-OH is 1. The van der Waals surface area contributed by atoms with Crippen molar-refractivity contribution in [3.8, 4) is 0 Å². The van der Waals surface area contributed by atoms with Crippen molar-refractivity contribution in [3.63, 3.8) is 0 Å². The molecule has 1 heterocycles. The molecule has 0 aromatic heterocycles. The van der Waals surface area contributed by atoms with Gasteiger partial charge in [0, 0.05) is 21.5 Å². The van der Waals surface area contributed by atoms with Crippen molar-refractivity contribution in [2.24, 2.45) is 11.1 Å². The highest BCUT2D eigenvalue weighted by molar-refractivity contribution is 9.10. The molecule has 0 bridgehead atoms. The summed E-state index contributed by atoms with van der Waals surface area (Å²) >= 11 is 9.40. The second-order valence-corrected chi connectivity index (χ2v) is 8.48. The van der Waals surface area contributed by atoms with Crippen LogP contribution in [0.2, 0.25) is 5.02 Å². The van der Waals surface area contributed by atoms with Gasteiger partial charge in [0.2, 0.25) is 0 Å². The summed E-state index contributed by atoms with van der Waals surface area (Å²) < 4.78 is 24.1. The van der Waals surface area contributed by atoms with Gasteiger partial charge in [0.1, 0.15) is 0 Å². The smallest absolute Gasteiger partial charge is 0.151 e. The average Bonchev–Trinajstić information content (AvgIpc) is 2.65. The molecule has 1 aromatic rings. The molecule has 7 heteroatoms. The van der Waals surface area contributed by atoms with Gasteiger partial charge >= 0.3 is 0 Å². The van der Waals surface area contributed by atoms with Crippen LogP contribution in [0.25, 0.3) is 0 Å². The molecule has 1 saturated heterocycles. The van der Waals surface area contributed by atoms with Gasteiger partial charge in [-0.15, -0.1) is 0 Å². The van der Waals surface area contributed by atoms with Crippen LogP contribution in [0.5, 0.6) is 0 Å². The van der Waals surface area contributed by atoms with E-state index in [2.05, 4.69) is 15.9 Å². The summed E-state index contributed by atoms with van der Waals surface area (Å²) in [5.41, 5.74) is 5.42. The van der Waals surface area contributed by atoms with E-state index in [0.717, 1.165) is 4.47 Å². The Balaban J connectivity index is 2.39. The van der Waals surface area contributed by atoms with Gasteiger partial charge in [0.25, 0.3) is 0 Å². The van der Waals surface area contributed by atoms with Crippen LogP contribution in [0.1, 0.15) is 18.1 Å². The molecule has 2 rings (SSSR count). The van der Waals surface area contributed by atoms with Gasteiger partial charge in [0.05, 0.1) is 17.6 Å². The number of sulfone groups is 1. The first-order chi connectivity index (χ1) is 8.80. The molecule has 0 amide bonds. The Kier molecular flexibility index (Phi) is 4.28. The Hall–Kier alpha value is -0.140. The Morgan fingerprint density at radius 3 is 2.68 bits per heavy atom. The van der Waals surface area contributed by atoms with Crippen molar-refractivity contribution < 1.29 is 13.5 Å². The van der Waals surface area contributed by atoms with Gasteiger partial charge < -0.3 is 10.8 Å². The standard InChI is InChI=1S/C12H15BrClNO3S/c13-8-1-2-9(10(14)5-8)11(16)12(6-15)3-4-19(17,18)7-12/h1-2,5,11,16H,3-4,6-7,15H2. The number of benzene rings is 1. The molecule has 19 heavy (non-hydrogen) atoms. The molecular formula is C12H15BrClNO3S. The lowest BCUT2D eigenvalue weighted by atomic mass is 9.78. The molecule has 0 aliphatic carbocycles. The van der Waals surface area contributed by atoms with Crippen molar-refractivity contribution in [2.45, 2.75) is 12.5 Å². The van der Waals surface area contributed by atoms with Crippen LogP contribution < -0.4 is 5.73 Å². The Morgan fingerprint density at radius 2 is 2.21 bits per heavy atom. The molecule has 0 spiro atoms. The van der Waals surface area contributed by atoms with E-state index < -0.39 is 21.4 Å². The van der Waals surface area contributed by atoms with E-state index in [9.17, 15) is 13.5 Å². The van der Waals surface area contributed by atoms with Crippen LogP contribution in [0, 0.1) is 5.41 Å². The van der Waals surface area contributed by atoms with Gasteiger partial charge in [0.15, 0.2) is 9.84 Å². The lowest BCUT2D eigenvalue weighted by molar-refractivity contribution is 0.0473. The van der Waals surface area contributed by atoms with E-state index in [1.54, 1.807) is 18.2 Å². The first-order valence-electron chi connectivity index (χ1n) is 5.83. The second kappa shape index (κ2) is 5.33. The summed E-state index contributed by atoms with van der Waals surface area (Å²) in [5.74, 6) is -0.0283. The maximum Gasteiger partial charge on any atom is 0.151 e. The number of halogens is 2. The van der Waals surface area contributed by atoms with Crippen LogP contribution >= 0.6 is 27.5 Å². The van der Waals surface area contributed by atoms with Crippen LogP contribution in [-0.2, 0) is 9.84 Å². The normalized spacial score (nSPS) is 27.4. The van der Waals surface area contributed by atoms with Gasteiger partial charge in [-0.25, -0.2) is 8.42 Å². The van der Waals surface area contributed by atoms with E-state index in [-0.39, 0.29) is 18.1 Å². The number of aliphatic hydroxyl groups is 1. The molecule has 3 N–H and O–H groups in total. The molecule has 2 atom stereocenters. The van der Waals surface area contributed by atoms with Crippen molar-refractivity contribution in [3.05, 3.63) is 33.3 Å². The fourth-order valence-corrected chi connectivity index (χ4v) is 5.42. The third-order valence-corrected chi connectivity index (χ3v) is 6.32. The van der Waals surface area contributed by atoms with Crippen LogP contribution in [0.15, 0.2) is 22.7 Å². The lowest BCUT2D eigenvalue weighted by Gasteiger charge is -2.32. The van der Waals surface area contributed by atoms with Crippen molar-refractivity contribution in [1.29, 1.82) is 0 Å². The highest BCUT2D eigenvalue weighted by Crippen LogP contribution is 2.44. The Bertz CT molecular complexity index is 593. The third kappa shape index (κ3) is 2.97. The predicted octanol–water partition coefficient (Wildman–Crippen LogP) is 1.90. The van der Waals surface area contributed by atoms with E-state index in [4.69, 9.17) is 17.3 Å². The minimum absolute atomic E-state index is 0.0649. The largest absolute Gasteiger partial charge is 0.388 e. The van der Waals surface area contributed by atoms with Crippen molar-refractivity contribution in [1.82, 2.24) is 0 Å². The molecule has 1 aliphatic rings. The molecule has 1 fully saturated rings. The Morgan fingerprint density at radius 1 is 1.53 bits per heavy atom. The molecule has 2 unspecified atom stereocenters. The fourth-order valence-electron chi connectivity index (χ4n) is 2.48. The zero-order valence-corrected chi connectivity index (χ0v) is 13.3. The van der Waals surface area contributed by atoms with Gasteiger partial charge in [-0.05, 0) is 24.1 Å². The quantitative estimate of drug-likeness (QED) is 0.854. The van der Waals surface area contributed by atoms with Crippen LogP contribution in [-0.4, -0.2) is 31.6 Å². The van der Waals surface area contributed by atoms with Crippen molar-refractivity contribution >= 4 is 37.4 Å². The summed E-state index contributed by atoms with van der Waals surface area (Å²) in [5, 5.41) is 10.9. The van der Waals surface area contributed by atoms with Crippen LogP contribution in [0.3, 0.4) is 0 Å². The zero-order chi connectivity index (χ0) is 14.3. The molecule has 1 aromatic carbocycles. The number of rotatable bonds is 3. The monoisotopic (exact) mass is 367 g/mol. The first kappa shape index (κ1) is 15.3. The van der Waals surface area contributed by atoms with E-state index in [0.29, 0.717) is 17.0 Å². The highest BCUT2D eigenvalue weighted by Gasteiger charge is 2.47. The average molecular weight is 369 g/mol. The first-order valence-corrected chi connectivity index (χ1v) is 8.82. The lowest BCUT2D eigenvalue weighted by Crippen LogP contribution is -2.38. The van der Waals surface area contributed by atoms with Gasteiger partial charge in [-0.2, -0.15) is 0 Å². The molecular weight excluding hydrogens is 354 g/mol. The second-order valence-electron chi connectivity index (χ2n) is 4.98. The predicted molar refractivity (Wildman–Crippen MR) is 78.9 cm³/mol. The summed E-state index contributed by atoms with van der Waals surface area (Å²) in [6.07, 6.45) is -0.616. The van der Waals surface area contributed by atoms with E-state index in [1.165, 1.54) is 0 Å². The summed E-state index contributed by atoms with van der Waals surface area (Å²) in [7, 11) is -3.13. The topological polar surface area (TPSA) is 80.4 Å². The molecule has 106 valence electrons. The van der Waals surface area contributed by atoms with E-state index in [1.807, 2.05) is 0 Å². The molecule has 0 saturated carbocycles. The van der Waals surface area contributed by atoms with Crippen molar-refractivity contribution in [2.75, 3.05) is 18.1 Å². The van der Waals surface area contributed by atoms with E-state index >= 15 is 0 Å². The number of hydrogen-bond donors (Lipinski definition) is 2. The maximum absolute atomic E-state index is 11.7. The number of hydrogen-bond acceptors (Lipinski definition) is 4. The maximum atomic E-state index is 11.7. The number of nitrogens with two attached hydrogens (primary N) is 1. The summed E-state index contributed by atoms with van der Waals surface area (Å²) in [4.78, 5) is 0. The third-order valence-electron chi connectivity index (χ3n) is 3.66.